The second-order valence-corrected chi connectivity index (χ2v) is 3.79. The highest BCUT2D eigenvalue weighted by Crippen LogP contribution is 2.29. The van der Waals surface area contributed by atoms with Crippen molar-refractivity contribution in [3.63, 3.8) is 0 Å². The third-order valence-electron chi connectivity index (χ3n) is 1.93. The molecule has 1 N–H and O–H groups in total. The molecule has 1 aliphatic rings. The van der Waals surface area contributed by atoms with E-state index in [1.54, 1.807) is 11.8 Å². The number of thioether (sulfide) groups is 1. The Labute approximate surface area is 79.4 Å². The number of carboxylic acid groups (broad SMARTS) is 1. The largest absolute Gasteiger partial charge is 0.481 e. The molecule has 0 atom stereocenters. The van der Waals surface area contributed by atoms with Crippen molar-refractivity contribution in [2.45, 2.75) is 17.9 Å². The van der Waals surface area contributed by atoms with Gasteiger partial charge in [-0.3, -0.25) is 4.79 Å². The highest BCUT2D eigenvalue weighted by molar-refractivity contribution is 7.98. The van der Waals surface area contributed by atoms with Crippen molar-refractivity contribution in [2.75, 3.05) is 0 Å². The Morgan fingerprint density at radius 3 is 3.15 bits per heavy atom. The second kappa shape index (κ2) is 3.33. The molecular weight excluding hydrogens is 188 g/mol. The van der Waals surface area contributed by atoms with Crippen molar-refractivity contribution >= 4 is 17.7 Å². The van der Waals surface area contributed by atoms with Crippen LogP contribution in [-0.4, -0.2) is 21.0 Å². The highest BCUT2D eigenvalue weighted by Gasteiger charge is 2.18. The molecule has 0 saturated carbocycles. The standard InChI is InChI=1S/C8H8N2O2S/c11-8(12)1-6-5-2-13-3-7(5)10-4-9-6/h4H,1-3H2,(H,11,12). The Morgan fingerprint density at radius 2 is 2.38 bits per heavy atom. The Kier molecular flexibility index (Phi) is 2.18. The van der Waals surface area contributed by atoms with Gasteiger partial charge in [-0.2, -0.15) is 11.8 Å². The average molecular weight is 196 g/mol. The summed E-state index contributed by atoms with van der Waals surface area (Å²) in [7, 11) is 0. The molecule has 0 radical (unpaired) electrons. The molecule has 1 aromatic heterocycles. The van der Waals surface area contributed by atoms with Crippen LogP contribution in [-0.2, 0) is 22.7 Å². The predicted molar refractivity (Wildman–Crippen MR) is 48.4 cm³/mol. The topological polar surface area (TPSA) is 63.1 Å². The molecule has 0 bridgehead atoms. The number of rotatable bonds is 2. The zero-order chi connectivity index (χ0) is 9.26. The van der Waals surface area contributed by atoms with Crippen LogP contribution in [0.4, 0.5) is 0 Å². The van der Waals surface area contributed by atoms with Crippen LogP contribution in [0.3, 0.4) is 0 Å². The fourth-order valence-electron chi connectivity index (χ4n) is 1.33. The molecule has 2 rings (SSSR count). The van der Waals surface area contributed by atoms with Gasteiger partial charge in [0.15, 0.2) is 0 Å². The number of carbonyl (C=O) groups is 1. The number of hydrogen-bond acceptors (Lipinski definition) is 4. The lowest BCUT2D eigenvalue weighted by molar-refractivity contribution is -0.136. The van der Waals surface area contributed by atoms with E-state index in [9.17, 15) is 4.79 Å². The maximum Gasteiger partial charge on any atom is 0.309 e. The second-order valence-electron chi connectivity index (χ2n) is 2.81. The molecule has 5 heteroatoms. The Balaban J connectivity index is 2.36. The number of carboxylic acids is 1. The quantitative estimate of drug-likeness (QED) is 0.759. The third-order valence-corrected chi connectivity index (χ3v) is 2.90. The molecule has 0 aromatic carbocycles. The number of nitrogens with zero attached hydrogens (tertiary/aromatic N) is 2. The van der Waals surface area contributed by atoms with E-state index in [1.165, 1.54) is 6.33 Å². The van der Waals surface area contributed by atoms with Crippen molar-refractivity contribution in [1.29, 1.82) is 0 Å². The fraction of sp³-hybridized carbons (Fsp3) is 0.375. The summed E-state index contributed by atoms with van der Waals surface area (Å²) in [4.78, 5) is 18.6. The molecule has 0 fully saturated rings. The van der Waals surface area contributed by atoms with Gasteiger partial charge in [-0.15, -0.1) is 0 Å². The monoisotopic (exact) mass is 196 g/mol. The number of aliphatic carboxylic acids is 1. The Hall–Kier alpha value is -1.10. The van der Waals surface area contributed by atoms with Crippen LogP contribution in [0, 0.1) is 0 Å². The summed E-state index contributed by atoms with van der Waals surface area (Å²) in [5.41, 5.74) is 2.69. The maximum atomic E-state index is 10.5. The summed E-state index contributed by atoms with van der Waals surface area (Å²) < 4.78 is 0. The minimum absolute atomic E-state index is 0.00537. The van der Waals surface area contributed by atoms with Crippen molar-refractivity contribution in [3.05, 3.63) is 23.3 Å². The van der Waals surface area contributed by atoms with E-state index in [0.717, 1.165) is 22.8 Å². The van der Waals surface area contributed by atoms with E-state index in [4.69, 9.17) is 5.11 Å². The van der Waals surface area contributed by atoms with Crippen LogP contribution in [0.15, 0.2) is 6.33 Å². The van der Waals surface area contributed by atoms with E-state index >= 15 is 0 Å². The molecule has 2 heterocycles. The Morgan fingerprint density at radius 1 is 1.54 bits per heavy atom. The summed E-state index contributed by atoms with van der Waals surface area (Å²) in [6.07, 6.45) is 1.45. The molecule has 0 amide bonds. The maximum absolute atomic E-state index is 10.5. The van der Waals surface area contributed by atoms with Crippen LogP contribution < -0.4 is 0 Å². The summed E-state index contributed by atoms with van der Waals surface area (Å²) in [5.74, 6) is 0.890. The zero-order valence-electron chi connectivity index (χ0n) is 6.86. The van der Waals surface area contributed by atoms with Gasteiger partial charge >= 0.3 is 5.97 Å². The van der Waals surface area contributed by atoms with Crippen LogP contribution >= 0.6 is 11.8 Å². The summed E-state index contributed by atoms with van der Waals surface area (Å²) in [5, 5.41) is 8.63. The lowest BCUT2D eigenvalue weighted by Crippen LogP contribution is -2.06. The van der Waals surface area contributed by atoms with E-state index in [1.807, 2.05) is 0 Å². The first-order valence-electron chi connectivity index (χ1n) is 3.88. The summed E-state index contributed by atoms with van der Waals surface area (Å²) >= 11 is 1.75. The van der Waals surface area contributed by atoms with Crippen LogP contribution in [0.25, 0.3) is 0 Å². The minimum Gasteiger partial charge on any atom is -0.481 e. The molecule has 68 valence electrons. The summed E-state index contributed by atoms with van der Waals surface area (Å²) in [6, 6.07) is 0. The van der Waals surface area contributed by atoms with Gasteiger partial charge in [0.25, 0.3) is 0 Å². The van der Waals surface area contributed by atoms with Crippen LogP contribution in [0.1, 0.15) is 17.0 Å². The lowest BCUT2D eigenvalue weighted by Gasteiger charge is -2.01. The van der Waals surface area contributed by atoms with E-state index in [0.29, 0.717) is 5.69 Å². The van der Waals surface area contributed by atoms with Gasteiger partial charge in [-0.25, -0.2) is 9.97 Å². The first-order chi connectivity index (χ1) is 6.27. The highest BCUT2D eigenvalue weighted by atomic mass is 32.2. The normalized spacial score (nSPS) is 14.2. The van der Waals surface area contributed by atoms with Gasteiger partial charge in [-0.05, 0) is 0 Å². The SMILES string of the molecule is O=C(O)Cc1ncnc2c1CSC2. The van der Waals surface area contributed by atoms with Gasteiger partial charge in [0.05, 0.1) is 17.8 Å². The van der Waals surface area contributed by atoms with Gasteiger partial charge in [0.2, 0.25) is 0 Å². The predicted octanol–water partition coefficient (Wildman–Crippen LogP) is 0.851. The molecule has 0 aliphatic carbocycles. The van der Waals surface area contributed by atoms with Crippen molar-refractivity contribution < 1.29 is 9.90 Å². The molecule has 4 nitrogen and oxygen atoms in total. The minimum atomic E-state index is -0.835. The first kappa shape index (κ1) is 8.50. The molecule has 1 aliphatic heterocycles. The summed E-state index contributed by atoms with van der Waals surface area (Å²) in [6.45, 7) is 0. The van der Waals surface area contributed by atoms with Crippen molar-refractivity contribution in [3.8, 4) is 0 Å². The van der Waals surface area contributed by atoms with Crippen LogP contribution in [0.5, 0.6) is 0 Å². The smallest absolute Gasteiger partial charge is 0.309 e. The van der Waals surface area contributed by atoms with Gasteiger partial charge in [0, 0.05) is 17.1 Å². The van der Waals surface area contributed by atoms with Gasteiger partial charge < -0.3 is 5.11 Å². The van der Waals surface area contributed by atoms with E-state index in [-0.39, 0.29) is 6.42 Å². The Bertz CT molecular complexity index is 354. The van der Waals surface area contributed by atoms with Crippen LogP contribution in [0.2, 0.25) is 0 Å². The average Bonchev–Trinajstić information content (AvgIpc) is 2.51. The molecular formula is C8H8N2O2S. The van der Waals surface area contributed by atoms with Crippen molar-refractivity contribution in [2.24, 2.45) is 0 Å². The lowest BCUT2D eigenvalue weighted by atomic mass is 10.1. The number of aromatic nitrogens is 2. The van der Waals surface area contributed by atoms with Crippen molar-refractivity contribution in [1.82, 2.24) is 9.97 Å². The molecule has 0 spiro atoms. The van der Waals surface area contributed by atoms with Gasteiger partial charge in [-0.1, -0.05) is 0 Å². The fourth-order valence-corrected chi connectivity index (χ4v) is 2.41. The van der Waals surface area contributed by atoms with E-state index < -0.39 is 5.97 Å². The first-order valence-corrected chi connectivity index (χ1v) is 5.04. The van der Waals surface area contributed by atoms with Gasteiger partial charge in [0.1, 0.15) is 6.33 Å². The number of hydrogen-bond donors (Lipinski definition) is 1. The molecule has 13 heavy (non-hydrogen) atoms. The zero-order valence-corrected chi connectivity index (χ0v) is 7.67. The molecule has 0 unspecified atom stereocenters. The number of fused-ring (bicyclic) bond motifs is 1. The third kappa shape index (κ3) is 1.65. The van der Waals surface area contributed by atoms with E-state index in [2.05, 4.69) is 9.97 Å². The molecule has 0 saturated heterocycles. The molecule has 1 aromatic rings.